The van der Waals surface area contributed by atoms with Crippen molar-refractivity contribution in [3.63, 3.8) is 0 Å². The molecular weight excluding hydrogens is 236 g/mol. The molecule has 1 aromatic heterocycles. The lowest BCUT2D eigenvalue weighted by Crippen LogP contribution is -2.01. The minimum Gasteiger partial charge on any atom is -0.299 e. The van der Waals surface area contributed by atoms with Crippen molar-refractivity contribution in [2.75, 3.05) is 0 Å². The maximum absolute atomic E-state index is 11.7. The number of aryl methyl sites for hydroxylation is 2. The van der Waals surface area contributed by atoms with Gasteiger partial charge in [0, 0.05) is 24.3 Å². The molecule has 0 bridgehead atoms. The number of carbonyl (C=O) groups excluding carboxylic acids is 1. The molecule has 0 saturated heterocycles. The molecule has 0 radical (unpaired) electrons. The van der Waals surface area contributed by atoms with Crippen molar-refractivity contribution < 1.29 is 4.79 Å². The van der Waals surface area contributed by atoms with Gasteiger partial charge in [-0.2, -0.15) is 5.10 Å². The Labute approximate surface area is 113 Å². The van der Waals surface area contributed by atoms with Crippen molar-refractivity contribution in [1.82, 2.24) is 9.78 Å². The van der Waals surface area contributed by atoms with Crippen LogP contribution in [0.2, 0.25) is 0 Å². The first-order chi connectivity index (χ1) is 9.29. The second-order valence-electron chi connectivity index (χ2n) is 5.37. The second kappa shape index (κ2) is 5.16. The van der Waals surface area contributed by atoms with Gasteiger partial charge in [0.1, 0.15) is 5.78 Å². The maximum Gasteiger partial charge on any atom is 0.135 e. The average Bonchev–Trinajstić information content (AvgIpc) is 3.22. The predicted octanol–water partition coefficient (Wildman–Crippen LogP) is 3.36. The molecule has 1 aliphatic rings. The number of fused-ring (bicyclic) bond motifs is 1. The van der Waals surface area contributed by atoms with Crippen LogP contribution in [0.4, 0.5) is 0 Å². The third-order valence-corrected chi connectivity index (χ3v) is 3.90. The SMILES string of the molecule is CCn1nc(CCCC(=O)C2CC2)c2ccccc21. The van der Waals surface area contributed by atoms with E-state index < -0.39 is 0 Å². The van der Waals surface area contributed by atoms with Crippen molar-refractivity contribution in [3.8, 4) is 0 Å². The number of aromatic nitrogens is 2. The highest BCUT2D eigenvalue weighted by atomic mass is 16.1. The summed E-state index contributed by atoms with van der Waals surface area (Å²) in [6, 6.07) is 8.36. The zero-order valence-corrected chi connectivity index (χ0v) is 11.4. The number of ketones is 1. The van der Waals surface area contributed by atoms with Gasteiger partial charge in [-0.1, -0.05) is 18.2 Å². The van der Waals surface area contributed by atoms with Crippen LogP contribution in [0.1, 0.15) is 38.3 Å². The van der Waals surface area contributed by atoms with Gasteiger partial charge in [0.15, 0.2) is 0 Å². The van der Waals surface area contributed by atoms with Crippen molar-refractivity contribution >= 4 is 16.7 Å². The van der Waals surface area contributed by atoms with Crippen LogP contribution in [0.5, 0.6) is 0 Å². The molecule has 19 heavy (non-hydrogen) atoms. The zero-order chi connectivity index (χ0) is 13.2. The number of nitrogens with zero attached hydrogens (tertiary/aromatic N) is 2. The molecule has 1 fully saturated rings. The lowest BCUT2D eigenvalue weighted by atomic mass is 10.1. The lowest BCUT2D eigenvalue weighted by molar-refractivity contribution is -0.120. The van der Waals surface area contributed by atoms with Crippen molar-refractivity contribution in [3.05, 3.63) is 30.0 Å². The molecule has 3 rings (SSSR count). The fraction of sp³-hybridized carbons (Fsp3) is 0.500. The van der Waals surface area contributed by atoms with Crippen LogP contribution in [0.25, 0.3) is 10.9 Å². The summed E-state index contributed by atoms with van der Waals surface area (Å²) in [5.74, 6) is 0.851. The van der Waals surface area contributed by atoms with E-state index in [2.05, 4.69) is 36.3 Å². The molecule has 1 aromatic carbocycles. The molecule has 0 aliphatic heterocycles. The molecule has 0 amide bonds. The molecule has 2 aromatic rings. The van der Waals surface area contributed by atoms with Crippen molar-refractivity contribution in [1.29, 1.82) is 0 Å². The third kappa shape index (κ3) is 2.55. The van der Waals surface area contributed by atoms with Gasteiger partial charge in [-0.15, -0.1) is 0 Å². The quantitative estimate of drug-likeness (QED) is 0.794. The van der Waals surface area contributed by atoms with Gasteiger partial charge in [-0.05, 0) is 38.7 Å². The van der Waals surface area contributed by atoms with E-state index in [1.807, 2.05) is 4.68 Å². The molecule has 0 spiro atoms. The first-order valence-electron chi connectivity index (χ1n) is 7.26. The predicted molar refractivity (Wildman–Crippen MR) is 76.1 cm³/mol. The van der Waals surface area contributed by atoms with E-state index in [0.29, 0.717) is 11.7 Å². The maximum atomic E-state index is 11.7. The number of Topliss-reactive ketones (excluding diaryl/α,β-unsaturated/α-hetero) is 1. The Balaban J connectivity index is 1.71. The highest BCUT2D eigenvalue weighted by Crippen LogP contribution is 2.31. The summed E-state index contributed by atoms with van der Waals surface area (Å²) in [4.78, 5) is 11.7. The molecule has 0 atom stereocenters. The Morgan fingerprint density at radius 3 is 2.89 bits per heavy atom. The molecule has 0 N–H and O–H groups in total. The van der Waals surface area contributed by atoms with Gasteiger partial charge in [-0.25, -0.2) is 0 Å². The number of para-hydroxylation sites is 1. The molecule has 1 aliphatic carbocycles. The number of benzene rings is 1. The Hall–Kier alpha value is -1.64. The summed E-state index contributed by atoms with van der Waals surface area (Å²) in [5.41, 5.74) is 2.34. The number of carbonyl (C=O) groups is 1. The zero-order valence-electron chi connectivity index (χ0n) is 11.4. The normalized spacial score (nSPS) is 15.0. The van der Waals surface area contributed by atoms with Crippen LogP contribution < -0.4 is 0 Å². The topological polar surface area (TPSA) is 34.9 Å². The Morgan fingerprint density at radius 1 is 1.37 bits per heavy atom. The summed E-state index contributed by atoms with van der Waals surface area (Å²) in [5, 5.41) is 5.91. The summed E-state index contributed by atoms with van der Waals surface area (Å²) in [7, 11) is 0. The lowest BCUT2D eigenvalue weighted by Gasteiger charge is -1.98. The summed E-state index contributed by atoms with van der Waals surface area (Å²) in [6.07, 6.45) is 4.79. The van der Waals surface area contributed by atoms with Crippen LogP contribution in [-0.2, 0) is 17.8 Å². The molecule has 3 heteroatoms. The fourth-order valence-electron chi connectivity index (χ4n) is 2.66. The molecule has 100 valence electrons. The first-order valence-corrected chi connectivity index (χ1v) is 7.26. The molecule has 1 heterocycles. The van der Waals surface area contributed by atoms with Gasteiger partial charge in [0.2, 0.25) is 0 Å². The number of hydrogen-bond donors (Lipinski definition) is 0. The molecular formula is C16H20N2O. The van der Waals surface area contributed by atoms with Gasteiger partial charge < -0.3 is 0 Å². The highest BCUT2D eigenvalue weighted by molar-refractivity contribution is 5.83. The average molecular weight is 256 g/mol. The van der Waals surface area contributed by atoms with Crippen molar-refractivity contribution in [2.24, 2.45) is 5.92 Å². The first kappa shape index (κ1) is 12.4. The fourth-order valence-corrected chi connectivity index (χ4v) is 2.66. The van der Waals surface area contributed by atoms with Crippen LogP contribution in [0, 0.1) is 5.92 Å². The molecule has 1 saturated carbocycles. The Kier molecular flexibility index (Phi) is 3.36. The van der Waals surface area contributed by atoms with E-state index in [0.717, 1.165) is 44.3 Å². The van der Waals surface area contributed by atoms with E-state index in [9.17, 15) is 4.79 Å². The summed E-state index contributed by atoms with van der Waals surface area (Å²) >= 11 is 0. The Morgan fingerprint density at radius 2 is 2.16 bits per heavy atom. The second-order valence-corrected chi connectivity index (χ2v) is 5.37. The summed E-state index contributed by atoms with van der Waals surface area (Å²) < 4.78 is 2.05. The highest BCUT2D eigenvalue weighted by Gasteiger charge is 2.28. The smallest absolute Gasteiger partial charge is 0.135 e. The van der Waals surface area contributed by atoms with Gasteiger partial charge in [-0.3, -0.25) is 9.48 Å². The molecule has 3 nitrogen and oxygen atoms in total. The van der Waals surface area contributed by atoms with E-state index in [1.165, 1.54) is 10.9 Å². The Bertz CT molecular complexity index is 596. The van der Waals surface area contributed by atoms with Gasteiger partial charge >= 0.3 is 0 Å². The van der Waals surface area contributed by atoms with Crippen LogP contribution in [0.15, 0.2) is 24.3 Å². The largest absolute Gasteiger partial charge is 0.299 e. The van der Waals surface area contributed by atoms with Crippen LogP contribution in [-0.4, -0.2) is 15.6 Å². The number of hydrogen-bond acceptors (Lipinski definition) is 2. The minimum absolute atomic E-state index is 0.393. The van der Waals surface area contributed by atoms with E-state index >= 15 is 0 Å². The van der Waals surface area contributed by atoms with Gasteiger partial charge in [0.25, 0.3) is 0 Å². The van der Waals surface area contributed by atoms with Crippen molar-refractivity contribution in [2.45, 2.75) is 45.6 Å². The van der Waals surface area contributed by atoms with E-state index in [1.54, 1.807) is 0 Å². The summed E-state index contributed by atoms with van der Waals surface area (Å²) in [6.45, 7) is 3.00. The third-order valence-electron chi connectivity index (χ3n) is 3.90. The van der Waals surface area contributed by atoms with Gasteiger partial charge in [0.05, 0.1) is 11.2 Å². The van der Waals surface area contributed by atoms with E-state index in [4.69, 9.17) is 0 Å². The number of rotatable bonds is 6. The monoisotopic (exact) mass is 256 g/mol. The minimum atomic E-state index is 0.393. The molecule has 0 unspecified atom stereocenters. The van der Waals surface area contributed by atoms with Crippen LogP contribution in [0.3, 0.4) is 0 Å². The van der Waals surface area contributed by atoms with E-state index in [-0.39, 0.29) is 0 Å². The standard InChI is InChI=1S/C16H20N2O/c1-2-18-15-8-4-3-6-13(15)14(17-18)7-5-9-16(19)12-10-11-12/h3-4,6,8,12H,2,5,7,9-11H2,1H3. The van der Waals surface area contributed by atoms with Crippen LogP contribution >= 0.6 is 0 Å².